The quantitative estimate of drug-likeness (QED) is 0.662. The van der Waals surface area contributed by atoms with Gasteiger partial charge >= 0.3 is 0 Å². The van der Waals surface area contributed by atoms with Gasteiger partial charge in [-0.05, 0) is 36.6 Å². The zero-order valence-corrected chi connectivity index (χ0v) is 19.3. The number of carbonyl (C=O) groups excluding carboxylic acids is 3. The molecule has 3 aliphatic heterocycles. The molecule has 0 aliphatic carbocycles. The highest BCUT2D eigenvalue weighted by atomic mass is 16.5. The minimum absolute atomic E-state index is 0.198. The number of hydrogen-bond acceptors (Lipinski definition) is 6. The summed E-state index contributed by atoms with van der Waals surface area (Å²) in [5, 5.41) is 2.34. The molecule has 5 rings (SSSR count). The first-order valence-electron chi connectivity index (χ1n) is 11.8. The lowest BCUT2D eigenvalue weighted by atomic mass is 10.0. The molecule has 2 atom stereocenters. The molecule has 3 aliphatic rings. The van der Waals surface area contributed by atoms with Gasteiger partial charge in [0.2, 0.25) is 11.8 Å². The van der Waals surface area contributed by atoms with Gasteiger partial charge in [-0.15, -0.1) is 0 Å². The van der Waals surface area contributed by atoms with Crippen molar-refractivity contribution in [3.63, 3.8) is 0 Å². The summed E-state index contributed by atoms with van der Waals surface area (Å²) in [5.74, 6) is -0.255. The summed E-state index contributed by atoms with van der Waals surface area (Å²) in [6, 6.07) is 13.6. The van der Waals surface area contributed by atoms with E-state index in [1.807, 2.05) is 6.07 Å². The Morgan fingerprint density at radius 1 is 1.09 bits per heavy atom. The number of amides is 3. The molecule has 3 amide bonds. The standard InChI is InChI=1S/C26H29N3O5/c1-17-15-33-12-11-28(17)13-18-5-7-19(8-6-18)16-34-23-4-2-3-20-21(23)14-29(26(20)32)22-9-10-24(30)27-25(22)31/h2-8,17,22H,9-16H2,1H3,(H,27,30,31). The summed E-state index contributed by atoms with van der Waals surface area (Å²) in [6.45, 7) is 6.27. The van der Waals surface area contributed by atoms with Crippen molar-refractivity contribution in [2.24, 2.45) is 0 Å². The van der Waals surface area contributed by atoms with Crippen LogP contribution in [-0.4, -0.2) is 59.4 Å². The summed E-state index contributed by atoms with van der Waals surface area (Å²) < 4.78 is 11.6. The molecule has 0 aromatic heterocycles. The molecule has 0 spiro atoms. The van der Waals surface area contributed by atoms with E-state index in [1.54, 1.807) is 17.0 Å². The van der Waals surface area contributed by atoms with Gasteiger partial charge in [0.1, 0.15) is 18.4 Å². The Balaban J connectivity index is 1.23. The van der Waals surface area contributed by atoms with Crippen LogP contribution in [0.25, 0.3) is 0 Å². The van der Waals surface area contributed by atoms with Gasteiger partial charge in [0.25, 0.3) is 5.91 Å². The van der Waals surface area contributed by atoms with Crippen LogP contribution in [0, 0.1) is 0 Å². The lowest BCUT2D eigenvalue weighted by Crippen LogP contribution is -2.52. The number of nitrogens with one attached hydrogen (secondary N) is 1. The first-order chi connectivity index (χ1) is 16.5. The van der Waals surface area contributed by atoms with Gasteiger partial charge in [0.05, 0.1) is 19.8 Å². The summed E-state index contributed by atoms with van der Waals surface area (Å²) in [5.41, 5.74) is 3.64. The van der Waals surface area contributed by atoms with E-state index < -0.39 is 11.9 Å². The number of imide groups is 1. The fourth-order valence-corrected chi connectivity index (χ4v) is 4.83. The molecular weight excluding hydrogens is 434 g/mol. The Hall–Kier alpha value is -3.23. The largest absolute Gasteiger partial charge is 0.489 e. The molecule has 2 unspecified atom stereocenters. The Kier molecular flexibility index (Phi) is 6.34. The smallest absolute Gasteiger partial charge is 0.255 e. The van der Waals surface area contributed by atoms with Crippen molar-refractivity contribution in [1.82, 2.24) is 15.1 Å². The third-order valence-corrected chi connectivity index (χ3v) is 6.85. The molecule has 8 heteroatoms. The van der Waals surface area contributed by atoms with Gasteiger partial charge < -0.3 is 14.4 Å². The third kappa shape index (κ3) is 4.56. The van der Waals surface area contributed by atoms with Crippen molar-refractivity contribution in [3.05, 3.63) is 64.7 Å². The molecule has 2 saturated heterocycles. The number of benzene rings is 2. The van der Waals surface area contributed by atoms with Crippen LogP contribution in [-0.2, 0) is 34.0 Å². The topological polar surface area (TPSA) is 88.2 Å². The molecule has 0 saturated carbocycles. The van der Waals surface area contributed by atoms with Crippen LogP contribution in [0.1, 0.15) is 46.8 Å². The van der Waals surface area contributed by atoms with Crippen molar-refractivity contribution >= 4 is 17.7 Å². The predicted molar refractivity (Wildman–Crippen MR) is 124 cm³/mol. The number of hydrogen-bond donors (Lipinski definition) is 1. The first kappa shape index (κ1) is 22.6. The van der Waals surface area contributed by atoms with E-state index in [0.29, 0.717) is 36.9 Å². The van der Waals surface area contributed by atoms with Crippen LogP contribution >= 0.6 is 0 Å². The van der Waals surface area contributed by atoms with Crippen LogP contribution in [0.5, 0.6) is 5.75 Å². The van der Waals surface area contributed by atoms with E-state index in [0.717, 1.165) is 37.4 Å². The van der Waals surface area contributed by atoms with Gasteiger partial charge in [-0.2, -0.15) is 0 Å². The number of carbonyl (C=O) groups is 3. The Labute approximate surface area is 198 Å². The molecule has 178 valence electrons. The molecule has 1 N–H and O–H groups in total. The van der Waals surface area contributed by atoms with E-state index >= 15 is 0 Å². The highest BCUT2D eigenvalue weighted by Crippen LogP contribution is 2.34. The average molecular weight is 464 g/mol. The van der Waals surface area contributed by atoms with Crippen molar-refractivity contribution in [1.29, 1.82) is 0 Å². The fourth-order valence-electron chi connectivity index (χ4n) is 4.83. The summed E-state index contributed by atoms with van der Waals surface area (Å²) in [6.07, 6.45) is 0.580. The van der Waals surface area contributed by atoms with Crippen LogP contribution in [0.15, 0.2) is 42.5 Å². The maximum absolute atomic E-state index is 13.0. The number of piperidine rings is 1. The third-order valence-electron chi connectivity index (χ3n) is 6.85. The first-order valence-corrected chi connectivity index (χ1v) is 11.8. The lowest BCUT2D eigenvalue weighted by molar-refractivity contribution is -0.136. The molecule has 2 aromatic carbocycles. The van der Waals surface area contributed by atoms with E-state index in [9.17, 15) is 14.4 Å². The highest BCUT2D eigenvalue weighted by molar-refractivity contribution is 6.05. The molecule has 0 bridgehead atoms. The number of morpholine rings is 1. The van der Waals surface area contributed by atoms with Crippen molar-refractivity contribution in [2.45, 2.75) is 51.5 Å². The van der Waals surface area contributed by atoms with Gasteiger partial charge in [-0.25, -0.2) is 0 Å². The van der Waals surface area contributed by atoms with Crippen LogP contribution in [0.4, 0.5) is 0 Å². The van der Waals surface area contributed by atoms with Gasteiger partial charge in [0, 0.05) is 36.7 Å². The normalized spacial score (nSPS) is 23.1. The van der Waals surface area contributed by atoms with Crippen molar-refractivity contribution in [3.8, 4) is 5.75 Å². The molecule has 2 aromatic rings. The van der Waals surface area contributed by atoms with Gasteiger partial charge in [0.15, 0.2) is 0 Å². The van der Waals surface area contributed by atoms with Crippen molar-refractivity contribution < 1.29 is 23.9 Å². The predicted octanol–water partition coefficient (Wildman–Crippen LogP) is 2.25. The maximum Gasteiger partial charge on any atom is 0.255 e. The summed E-state index contributed by atoms with van der Waals surface area (Å²) in [4.78, 5) is 40.7. The minimum atomic E-state index is -0.632. The number of fused-ring (bicyclic) bond motifs is 1. The monoisotopic (exact) mass is 463 g/mol. The fraction of sp³-hybridized carbons (Fsp3) is 0.423. The Bertz CT molecular complexity index is 1100. The zero-order chi connectivity index (χ0) is 23.7. The number of rotatable bonds is 6. The SMILES string of the molecule is CC1COCCN1Cc1ccc(COc2cccc3c2CN(C2CCC(=O)NC2=O)C3=O)cc1. The second-order valence-corrected chi connectivity index (χ2v) is 9.18. The molecule has 2 fully saturated rings. The highest BCUT2D eigenvalue weighted by Gasteiger charge is 2.40. The van der Waals surface area contributed by atoms with Crippen LogP contribution < -0.4 is 10.1 Å². The van der Waals surface area contributed by atoms with E-state index in [-0.39, 0.29) is 18.2 Å². The van der Waals surface area contributed by atoms with Crippen molar-refractivity contribution in [2.75, 3.05) is 19.8 Å². The van der Waals surface area contributed by atoms with Gasteiger partial charge in [-0.3, -0.25) is 24.6 Å². The van der Waals surface area contributed by atoms with E-state index in [1.165, 1.54) is 5.56 Å². The molecule has 34 heavy (non-hydrogen) atoms. The zero-order valence-electron chi connectivity index (χ0n) is 19.3. The molecular formula is C26H29N3O5. The molecule has 0 radical (unpaired) electrons. The summed E-state index contributed by atoms with van der Waals surface area (Å²) >= 11 is 0. The average Bonchev–Trinajstić information content (AvgIpc) is 3.17. The van der Waals surface area contributed by atoms with E-state index in [4.69, 9.17) is 9.47 Å². The Morgan fingerprint density at radius 2 is 1.88 bits per heavy atom. The summed E-state index contributed by atoms with van der Waals surface area (Å²) in [7, 11) is 0. The second-order valence-electron chi connectivity index (χ2n) is 9.18. The van der Waals surface area contributed by atoms with E-state index in [2.05, 4.69) is 41.4 Å². The Morgan fingerprint density at radius 3 is 2.65 bits per heavy atom. The van der Waals surface area contributed by atoms with Crippen LogP contribution in [0.2, 0.25) is 0 Å². The van der Waals surface area contributed by atoms with Gasteiger partial charge in [-0.1, -0.05) is 30.3 Å². The van der Waals surface area contributed by atoms with Crippen LogP contribution in [0.3, 0.4) is 0 Å². The maximum atomic E-state index is 13.0. The minimum Gasteiger partial charge on any atom is -0.489 e. The second kappa shape index (κ2) is 9.56. The number of nitrogens with zero attached hydrogens (tertiary/aromatic N) is 2. The number of ether oxygens (including phenoxy) is 2. The molecule has 8 nitrogen and oxygen atoms in total. The lowest BCUT2D eigenvalue weighted by Gasteiger charge is -2.33. The molecule has 3 heterocycles.